The molecular weight excluding hydrogens is 139 g/mol. The fraction of sp³-hybridized carbons (Fsp3) is 0.750. The van der Waals surface area contributed by atoms with Crippen LogP contribution in [-0.2, 0) is 0 Å². The van der Waals surface area contributed by atoms with Crippen molar-refractivity contribution in [3.05, 3.63) is 11.5 Å². The van der Waals surface area contributed by atoms with Gasteiger partial charge in [0.25, 0.3) is 0 Å². The summed E-state index contributed by atoms with van der Waals surface area (Å²) in [6, 6.07) is 0. The molecule has 0 amide bonds. The number of rotatable bonds is 1. The summed E-state index contributed by atoms with van der Waals surface area (Å²) in [5.74, 6) is 0. The van der Waals surface area contributed by atoms with E-state index in [0.717, 1.165) is 24.7 Å². The molecule has 0 radical (unpaired) electrons. The molecule has 0 saturated carbocycles. The third-order valence-corrected chi connectivity index (χ3v) is 2.16. The predicted octanol–water partition coefficient (Wildman–Crippen LogP) is 1.28. The van der Waals surface area contributed by atoms with Gasteiger partial charge in [0.1, 0.15) is 0 Å². The Labute approximate surface area is 68.1 Å². The minimum atomic E-state index is -1.21. The Morgan fingerprint density at radius 3 is 2.55 bits per heavy atom. The molecule has 11 heavy (non-hydrogen) atoms. The third kappa shape index (κ3) is 3.08. The molecule has 1 aliphatic rings. The summed E-state index contributed by atoms with van der Waals surface area (Å²) in [6.45, 7) is 0. The van der Waals surface area contributed by atoms with Crippen molar-refractivity contribution in [2.24, 2.45) is 0 Å². The minimum Gasteiger partial charge on any atom is -0.423 e. The first-order valence-corrected chi connectivity index (χ1v) is 4.36. The maximum absolute atomic E-state index is 8.88. The van der Waals surface area contributed by atoms with Gasteiger partial charge in [0.05, 0.1) is 0 Å². The molecule has 0 bridgehead atoms. The van der Waals surface area contributed by atoms with Gasteiger partial charge in [-0.1, -0.05) is 25.3 Å². The quantitative estimate of drug-likeness (QED) is 0.558. The van der Waals surface area contributed by atoms with Gasteiger partial charge in [-0.05, 0) is 24.7 Å². The first-order valence-electron chi connectivity index (χ1n) is 4.36. The first-order chi connectivity index (χ1) is 5.30. The summed E-state index contributed by atoms with van der Waals surface area (Å²) in [4.78, 5) is 0. The van der Waals surface area contributed by atoms with E-state index >= 15 is 0 Å². The van der Waals surface area contributed by atoms with Crippen LogP contribution in [0.4, 0.5) is 0 Å². The van der Waals surface area contributed by atoms with Crippen molar-refractivity contribution < 1.29 is 10.0 Å². The van der Waals surface area contributed by atoms with Crippen LogP contribution in [0.25, 0.3) is 0 Å². The molecular formula is C8H15BO2. The highest BCUT2D eigenvalue weighted by atomic mass is 16.4. The molecule has 0 saturated heterocycles. The number of hydrogen-bond donors (Lipinski definition) is 2. The van der Waals surface area contributed by atoms with Crippen LogP contribution < -0.4 is 0 Å². The topological polar surface area (TPSA) is 40.5 Å². The SMILES string of the molecule is OB(O)/C1=C/CCCCCC1. The fourth-order valence-electron chi connectivity index (χ4n) is 1.45. The molecule has 0 aromatic heterocycles. The molecule has 0 atom stereocenters. The Hall–Kier alpha value is -0.275. The van der Waals surface area contributed by atoms with Crippen molar-refractivity contribution in [2.75, 3.05) is 0 Å². The summed E-state index contributed by atoms with van der Waals surface area (Å²) in [5.41, 5.74) is 0.810. The molecule has 0 aromatic carbocycles. The van der Waals surface area contributed by atoms with E-state index in [1.165, 1.54) is 19.3 Å². The highest BCUT2D eigenvalue weighted by Gasteiger charge is 2.14. The van der Waals surface area contributed by atoms with Gasteiger partial charge in [-0.3, -0.25) is 0 Å². The largest absolute Gasteiger partial charge is 0.483 e. The lowest BCUT2D eigenvalue weighted by molar-refractivity contribution is 0.414. The monoisotopic (exact) mass is 154 g/mol. The van der Waals surface area contributed by atoms with Crippen molar-refractivity contribution in [3.8, 4) is 0 Å². The summed E-state index contributed by atoms with van der Waals surface area (Å²) in [7, 11) is -1.21. The first kappa shape index (κ1) is 8.82. The van der Waals surface area contributed by atoms with Crippen LogP contribution in [0.3, 0.4) is 0 Å². The molecule has 62 valence electrons. The number of allylic oxidation sites excluding steroid dienone is 2. The Kier molecular flexibility index (Phi) is 3.67. The highest BCUT2D eigenvalue weighted by Crippen LogP contribution is 2.17. The lowest BCUT2D eigenvalue weighted by Gasteiger charge is -2.09. The average molecular weight is 154 g/mol. The smallest absolute Gasteiger partial charge is 0.423 e. The second kappa shape index (κ2) is 4.57. The van der Waals surface area contributed by atoms with E-state index in [2.05, 4.69) is 0 Å². The van der Waals surface area contributed by atoms with Crippen molar-refractivity contribution in [1.29, 1.82) is 0 Å². The van der Waals surface area contributed by atoms with Crippen LogP contribution in [-0.4, -0.2) is 17.2 Å². The van der Waals surface area contributed by atoms with Crippen molar-refractivity contribution >= 4 is 7.12 Å². The van der Waals surface area contributed by atoms with E-state index in [0.29, 0.717) is 0 Å². The van der Waals surface area contributed by atoms with Crippen molar-refractivity contribution in [1.82, 2.24) is 0 Å². The standard InChI is InChI=1S/C8H15BO2/c10-9(11)8-6-4-2-1-3-5-7-8/h6,10-11H,1-5,7H2/b8-6+. The second-order valence-corrected chi connectivity index (χ2v) is 3.11. The van der Waals surface area contributed by atoms with E-state index in [1.807, 2.05) is 6.08 Å². The molecule has 0 aromatic rings. The molecule has 0 heterocycles. The Morgan fingerprint density at radius 2 is 1.82 bits per heavy atom. The highest BCUT2D eigenvalue weighted by molar-refractivity contribution is 6.50. The normalized spacial score (nSPS) is 24.7. The zero-order chi connectivity index (χ0) is 8.10. The van der Waals surface area contributed by atoms with Gasteiger partial charge < -0.3 is 10.0 Å². The van der Waals surface area contributed by atoms with Crippen molar-refractivity contribution in [3.63, 3.8) is 0 Å². The van der Waals surface area contributed by atoms with Crippen LogP contribution in [0.2, 0.25) is 0 Å². The summed E-state index contributed by atoms with van der Waals surface area (Å²) < 4.78 is 0. The molecule has 0 spiro atoms. The molecule has 1 rings (SSSR count). The minimum absolute atomic E-state index is 0.810. The van der Waals surface area contributed by atoms with Crippen LogP contribution >= 0.6 is 0 Å². The zero-order valence-corrected chi connectivity index (χ0v) is 6.79. The molecule has 0 unspecified atom stereocenters. The van der Waals surface area contributed by atoms with E-state index in [4.69, 9.17) is 10.0 Å². The Bertz CT molecular complexity index is 143. The van der Waals surface area contributed by atoms with Gasteiger partial charge in [-0.25, -0.2) is 0 Å². The molecule has 2 nitrogen and oxygen atoms in total. The van der Waals surface area contributed by atoms with Gasteiger partial charge in [0.15, 0.2) is 0 Å². The fourth-order valence-corrected chi connectivity index (χ4v) is 1.45. The van der Waals surface area contributed by atoms with E-state index in [9.17, 15) is 0 Å². The maximum atomic E-state index is 8.88. The molecule has 3 heteroatoms. The summed E-state index contributed by atoms with van der Waals surface area (Å²) in [6.07, 6.45) is 8.64. The van der Waals surface area contributed by atoms with Gasteiger partial charge in [-0.2, -0.15) is 0 Å². The van der Waals surface area contributed by atoms with Gasteiger partial charge in [0, 0.05) is 0 Å². The van der Waals surface area contributed by atoms with Gasteiger partial charge >= 0.3 is 7.12 Å². The Morgan fingerprint density at radius 1 is 1.09 bits per heavy atom. The van der Waals surface area contributed by atoms with Crippen LogP contribution in [0.1, 0.15) is 38.5 Å². The third-order valence-electron chi connectivity index (χ3n) is 2.16. The lowest BCUT2D eigenvalue weighted by atomic mass is 9.75. The van der Waals surface area contributed by atoms with Crippen LogP contribution in [0, 0.1) is 0 Å². The lowest BCUT2D eigenvalue weighted by Crippen LogP contribution is -2.16. The van der Waals surface area contributed by atoms with E-state index < -0.39 is 7.12 Å². The van der Waals surface area contributed by atoms with E-state index in [1.54, 1.807) is 0 Å². The van der Waals surface area contributed by atoms with Gasteiger partial charge in [-0.15, -0.1) is 0 Å². The second-order valence-electron chi connectivity index (χ2n) is 3.11. The zero-order valence-electron chi connectivity index (χ0n) is 6.79. The average Bonchev–Trinajstić information content (AvgIpc) is 1.84. The van der Waals surface area contributed by atoms with Crippen LogP contribution in [0.15, 0.2) is 11.5 Å². The summed E-state index contributed by atoms with van der Waals surface area (Å²) in [5, 5.41) is 17.8. The van der Waals surface area contributed by atoms with Gasteiger partial charge in [0.2, 0.25) is 0 Å². The van der Waals surface area contributed by atoms with E-state index in [-0.39, 0.29) is 0 Å². The summed E-state index contributed by atoms with van der Waals surface area (Å²) >= 11 is 0. The Balaban J connectivity index is 2.45. The molecule has 2 N–H and O–H groups in total. The van der Waals surface area contributed by atoms with Crippen molar-refractivity contribution in [2.45, 2.75) is 38.5 Å². The number of hydrogen-bond acceptors (Lipinski definition) is 2. The molecule has 1 aliphatic carbocycles. The molecule has 0 aliphatic heterocycles. The molecule has 0 fully saturated rings. The van der Waals surface area contributed by atoms with Crippen LogP contribution in [0.5, 0.6) is 0 Å². The predicted molar refractivity (Wildman–Crippen MR) is 46.0 cm³/mol. The maximum Gasteiger partial charge on any atom is 0.483 e.